The Morgan fingerprint density at radius 2 is 2.06 bits per heavy atom. The van der Waals surface area contributed by atoms with Crippen molar-refractivity contribution in [2.24, 2.45) is 5.92 Å². The highest BCUT2D eigenvalue weighted by atomic mass is 16.2. The number of hydrogen-bond donors (Lipinski definition) is 0. The van der Waals surface area contributed by atoms with Gasteiger partial charge in [-0.3, -0.25) is 9.69 Å². The summed E-state index contributed by atoms with van der Waals surface area (Å²) in [5.74, 6) is 0.0739. The van der Waals surface area contributed by atoms with Crippen molar-refractivity contribution in [3.8, 4) is 6.07 Å². The zero-order chi connectivity index (χ0) is 13.3. The van der Waals surface area contributed by atoms with Crippen LogP contribution in [0.25, 0.3) is 0 Å². The summed E-state index contributed by atoms with van der Waals surface area (Å²) >= 11 is 0. The fraction of sp³-hybridized carbons (Fsp3) is 0.857. The maximum absolute atomic E-state index is 12.0. The number of carbonyl (C=O) groups is 1. The third-order valence-corrected chi connectivity index (χ3v) is 4.13. The molecule has 0 spiro atoms. The van der Waals surface area contributed by atoms with Crippen molar-refractivity contribution in [1.29, 1.82) is 5.26 Å². The quantitative estimate of drug-likeness (QED) is 0.709. The van der Waals surface area contributed by atoms with Crippen molar-refractivity contribution in [1.82, 2.24) is 9.80 Å². The molecule has 4 heteroatoms. The molecule has 0 N–H and O–H groups in total. The van der Waals surface area contributed by atoms with Crippen molar-refractivity contribution in [2.45, 2.75) is 51.6 Å². The third-order valence-electron chi connectivity index (χ3n) is 4.13. The number of nitrogens with zero attached hydrogens (tertiary/aromatic N) is 3. The molecule has 2 rings (SSSR count). The second kappa shape index (κ2) is 4.89. The van der Waals surface area contributed by atoms with E-state index in [1.807, 2.05) is 4.90 Å². The summed E-state index contributed by atoms with van der Waals surface area (Å²) < 4.78 is 0. The molecule has 0 aliphatic carbocycles. The van der Waals surface area contributed by atoms with E-state index in [1.54, 1.807) is 0 Å². The van der Waals surface area contributed by atoms with Crippen LogP contribution < -0.4 is 0 Å². The Labute approximate surface area is 110 Å². The van der Waals surface area contributed by atoms with Crippen LogP contribution in [0.15, 0.2) is 0 Å². The average Bonchev–Trinajstić information content (AvgIpc) is 2.70. The average molecular weight is 249 g/mol. The first-order chi connectivity index (χ1) is 8.41. The van der Waals surface area contributed by atoms with Crippen molar-refractivity contribution in [3.05, 3.63) is 0 Å². The Morgan fingerprint density at radius 1 is 1.33 bits per heavy atom. The monoisotopic (exact) mass is 249 g/mol. The van der Waals surface area contributed by atoms with Crippen LogP contribution in [0.4, 0.5) is 0 Å². The van der Waals surface area contributed by atoms with Gasteiger partial charge in [0.15, 0.2) is 0 Å². The zero-order valence-electron chi connectivity index (χ0n) is 11.6. The van der Waals surface area contributed by atoms with Gasteiger partial charge in [0.25, 0.3) is 0 Å². The van der Waals surface area contributed by atoms with Gasteiger partial charge in [-0.15, -0.1) is 0 Å². The van der Waals surface area contributed by atoms with E-state index in [2.05, 4.69) is 31.7 Å². The number of piperidine rings is 1. The summed E-state index contributed by atoms with van der Waals surface area (Å²) in [6, 6.07) is 2.54. The lowest BCUT2D eigenvalue weighted by Gasteiger charge is -2.44. The molecule has 0 aromatic heterocycles. The summed E-state index contributed by atoms with van der Waals surface area (Å²) in [5.41, 5.74) is 0.163. The van der Waals surface area contributed by atoms with Gasteiger partial charge in [-0.05, 0) is 40.2 Å². The van der Waals surface area contributed by atoms with Crippen LogP contribution in [0.2, 0.25) is 0 Å². The molecule has 0 aromatic carbocycles. The first-order valence-electron chi connectivity index (χ1n) is 6.86. The highest BCUT2D eigenvalue weighted by Crippen LogP contribution is 2.27. The van der Waals surface area contributed by atoms with Crippen molar-refractivity contribution in [3.63, 3.8) is 0 Å². The van der Waals surface area contributed by atoms with Gasteiger partial charge in [-0.25, -0.2) is 0 Å². The standard InChI is InChI=1S/C14H23N3O/c1-14(2,3)16-6-4-5-12(10-16)17-9-11(8-15)7-13(17)18/h11-12H,4-7,9-10H2,1-3H3. The van der Waals surface area contributed by atoms with E-state index < -0.39 is 0 Å². The molecule has 0 saturated carbocycles. The molecule has 0 bridgehead atoms. The number of likely N-dealkylation sites (tertiary alicyclic amines) is 2. The summed E-state index contributed by atoms with van der Waals surface area (Å²) in [4.78, 5) is 16.4. The molecular formula is C14H23N3O. The molecule has 1 amide bonds. The normalized spacial score (nSPS) is 30.6. The molecule has 2 aliphatic heterocycles. The van der Waals surface area contributed by atoms with Gasteiger partial charge >= 0.3 is 0 Å². The number of nitriles is 1. The smallest absolute Gasteiger partial charge is 0.224 e. The van der Waals surface area contributed by atoms with Crippen LogP contribution in [-0.2, 0) is 4.79 Å². The molecule has 2 saturated heterocycles. The molecule has 2 atom stereocenters. The van der Waals surface area contributed by atoms with Crippen molar-refractivity contribution >= 4 is 5.91 Å². The van der Waals surface area contributed by atoms with E-state index in [1.165, 1.54) is 0 Å². The SMILES string of the molecule is CC(C)(C)N1CCCC(N2CC(C#N)CC2=O)C1. The Morgan fingerprint density at radius 3 is 2.61 bits per heavy atom. The lowest BCUT2D eigenvalue weighted by atomic mass is 9.97. The van der Waals surface area contributed by atoms with E-state index in [4.69, 9.17) is 5.26 Å². The highest BCUT2D eigenvalue weighted by Gasteiger charge is 2.37. The van der Waals surface area contributed by atoms with Crippen LogP contribution in [0.1, 0.15) is 40.0 Å². The number of amides is 1. The molecule has 0 radical (unpaired) electrons. The molecule has 2 fully saturated rings. The van der Waals surface area contributed by atoms with Gasteiger partial charge in [0.05, 0.1) is 12.0 Å². The second-order valence-corrected chi connectivity index (χ2v) is 6.49. The van der Waals surface area contributed by atoms with E-state index in [-0.39, 0.29) is 17.4 Å². The van der Waals surface area contributed by atoms with Gasteiger partial charge < -0.3 is 4.90 Å². The van der Waals surface area contributed by atoms with Crippen LogP contribution >= 0.6 is 0 Å². The van der Waals surface area contributed by atoms with Gasteiger partial charge in [-0.1, -0.05) is 0 Å². The third kappa shape index (κ3) is 2.67. The fourth-order valence-electron chi connectivity index (χ4n) is 2.99. The number of carbonyl (C=O) groups excluding carboxylic acids is 1. The van der Waals surface area contributed by atoms with Gasteiger partial charge in [-0.2, -0.15) is 5.26 Å². The lowest BCUT2D eigenvalue weighted by molar-refractivity contribution is -0.131. The summed E-state index contributed by atoms with van der Waals surface area (Å²) in [6.45, 7) is 9.37. The molecule has 0 aromatic rings. The maximum atomic E-state index is 12.0. The Balaban J connectivity index is 2.02. The van der Waals surface area contributed by atoms with E-state index in [9.17, 15) is 4.79 Å². The van der Waals surface area contributed by atoms with Gasteiger partial charge in [0.2, 0.25) is 5.91 Å². The number of rotatable bonds is 1. The first-order valence-corrected chi connectivity index (χ1v) is 6.86. The van der Waals surface area contributed by atoms with E-state index in [0.29, 0.717) is 19.0 Å². The molecule has 2 aliphatic rings. The molecule has 2 heterocycles. The fourth-order valence-corrected chi connectivity index (χ4v) is 2.99. The summed E-state index contributed by atoms with van der Waals surface area (Å²) in [5, 5.41) is 8.94. The Kier molecular flexibility index (Phi) is 3.63. The highest BCUT2D eigenvalue weighted by molar-refractivity contribution is 5.79. The van der Waals surface area contributed by atoms with Gasteiger partial charge in [0, 0.05) is 31.1 Å². The summed E-state index contributed by atoms with van der Waals surface area (Å²) in [7, 11) is 0. The largest absolute Gasteiger partial charge is 0.337 e. The molecule has 100 valence electrons. The molecule has 4 nitrogen and oxygen atoms in total. The van der Waals surface area contributed by atoms with E-state index >= 15 is 0 Å². The molecule has 18 heavy (non-hydrogen) atoms. The van der Waals surface area contributed by atoms with E-state index in [0.717, 1.165) is 25.9 Å². The minimum atomic E-state index is -0.0949. The maximum Gasteiger partial charge on any atom is 0.224 e. The van der Waals surface area contributed by atoms with Crippen LogP contribution in [0.3, 0.4) is 0 Å². The molecular weight excluding hydrogens is 226 g/mol. The lowest BCUT2D eigenvalue weighted by Crippen LogP contribution is -2.54. The van der Waals surface area contributed by atoms with Crippen molar-refractivity contribution in [2.75, 3.05) is 19.6 Å². The minimum Gasteiger partial charge on any atom is -0.337 e. The first kappa shape index (κ1) is 13.4. The Hall–Kier alpha value is -1.08. The topological polar surface area (TPSA) is 47.3 Å². The van der Waals surface area contributed by atoms with Gasteiger partial charge in [0.1, 0.15) is 0 Å². The Bertz CT molecular complexity index is 366. The predicted molar refractivity (Wildman–Crippen MR) is 69.8 cm³/mol. The van der Waals surface area contributed by atoms with Crippen LogP contribution in [0.5, 0.6) is 0 Å². The summed E-state index contributed by atoms with van der Waals surface area (Å²) in [6.07, 6.45) is 2.64. The zero-order valence-corrected chi connectivity index (χ0v) is 11.6. The minimum absolute atomic E-state index is 0.0949. The van der Waals surface area contributed by atoms with Crippen LogP contribution in [-0.4, -0.2) is 46.9 Å². The van der Waals surface area contributed by atoms with Crippen molar-refractivity contribution < 1.29 is 4.79 Å². The van der Waals surface area contributed by atoms with Crippen LogP contribution in [0, 0.1) is 17.2 Å². The predicted octanol–water partition coefficient (Wildman–Crippen LogP) is 1.62. The second-order valence-electron chi connectivity index (χ2n) is 6.49. The molecule has 2 unspecified atom stereocenters. The number of hydrogen-bond acceptors (Lipinski definition) is 3.